The zero-order valence-electron chi connectivity index (χ0n) is 10.5. The van der Waals surface area contributed by atoms with Gasteiger partial charge in [-0.15, -0.1) is 0 Å². The molecule has 2 rings (SSSR count). The number of aromatic nitrogens is 1. The minimum atomic E-state index is -0.0513. The lowest BCUT2D eigenvalue weighted by molar-refractivity contribution is 0.286. The van der Waals surface area contributed by atoms with Crippen LogP contribution in [0, 0.1) is 6.92 Å². The number of hydrogen-bond donors (Lipinski definition) is 3. The highest BCUT2D eigenvalue weighted by atomic mass is 16.3. The third kappa shape index (κ3) is 2.97. The maximum absolute atomic E-state index is 11.9. The molecule has 0 atom stereocenters. The zero-order chi connectivity index (χ0) is 13.0. The lowest BCUT2D eigenvalue weighted by Gasteiger charge is -2.05. The lowest BCUT2D eigenvalue weighted by atomic mass is 10.1. The molecule has 4 nitrogen and oxygen atoms in total. The number of aliphatic hydroxyl groups is 1. The van der Waals surface area contributed by atoms with Crippen LogP contribution in [0.3, 0.4) is 0 Å². The number of hydrogen-bond acceptors (Lipinski definition) is 3. The molecule has 4 heteroatoms. The second-order valence-electron chi connectivity index (χ2n) is 4.47. The third-order valence-electron chi connectivity index (χ3n) is 2.91. The van der Waals surface area contributed by atoms with E-state index in [1.165, 1.54) is 0 Å². The summed E-state index contributed by atoms with van der Waals surface area (Å²) in [5, 5.41) is 12.9. The Morgan fingerprint density at radius 2 is 2.17 bits per heavy atom. The van der Waals surface area contributed by atoms with Gasteiger partial charge in [0.1, 0.15) is 0 Å². The first-order valence-electron chi connectivity index (χ1n) is 6.15. The van der Waals surface area contributed by atoms with Gasteiger partial charge in [-0.2, -0.15) is 0 Å². The number of aryl methyl sites for hydroxylation is 1. The molecule has 0 spiro atoms. The molecule has 0 saturated carbocycles. The van der Waals surface area contributed by atoms with Crippen LogP contribution in [0.4, 0.5) is 0 Å². The summed E-state index contributed by atoms with van der Waals surface area (Å²) in [7, 11) is 0. The van der Waals surface area contributed by atoms with E-state index in [2.05, 4.69) is 10.3 Å². The van der Waals surface area contributed by atoms with Crippen LogP contribution in [0.25, 0.3) is 10.9 Å². The summed E-state index contributed by atoms with van der Waals surface area (Å²) in [6.45, 7) is 3.41. The molecular formula is C14H18N2O2. The quantitative estimate of drug-likeness (QED) is 0.697. The molecule has 0 fully saturated rings. The summed E-state index contributed by atoms with van der Waals surface area (Å²) < 4.78 is 0. The molecule has 0 aliphatic heterocycles. The number of benzene rings is 1. The fourth-order valence-electron chi connectivity index (χ4n) is 1.92. The van der Waals surface area contributed by atoms with E-state index < -0.39 is 0 Å². The largest absolute Gasteiger partial charge is 0.396 e. The molecule has 2 aromatic rings. The molecule has 1 heterocycles. The van der Waals surface area contributed by atoms with E-state index in [1.54, 1.807) is 0 Å². The molecule has 0 unspecified atom stereocenters. The summed E-state index contributed by atoms with van der Waals surface area (Å²) in [5.41, 5.74) is 2.68. The highest BCUT2D eigenvalue weighted by molar-refractivity contribution is 5.79. The Balaban J connectivity index is 2.21. The van der Waals surface area contributed by atoms with Gasteiger partial charge in [0.2, 0.25) is 0 Å². The van der Waals surface area contributed by atoms with Crippen LogP contribution in [0.5, 0.6) is 0 Å². The summed E-state index contributed by atoms with van der Waals surface area (Å²) in [5.74, 6) is 0. The van der Waals surface area contributed by atoms with Crippen LogP contribution < -0.4 is 10.9 Å². The van der Waals surface area contributed by atoms with E-state index in [0.717, 1.165) is 22.0 Å². The van der Waals surface area contributed by atoms with Crippen molar-refractivity contribution in [1.29, 1.82) is 0 Å². The molecule has 18 heavy (non-hydrogen) atoms. The number of aromatic amines is 1. The zero-order valence-corrected chi connectivity index (χ0v) is 10.5. The Morgan fingerprint density at radius 1 is 1.33 bits per heavy atom. The molecule has 1 aromatic heterocycles. The maximum atomic E-state index is 11.9. The van der Waals surface area contributed by atoms with Crippen molar-refractivity contribution >= 4 is 10.9 Å². The minimum Gasteiger partial charge on any atom is -0.396 e. The number of nitrogens with one attached hydrogen (secondary N) is 2. The Labute approximate surface area is 106 Å². The van der Waals surface area contributed by atoms with E-state index in [0.29, 0.717) is 19.5 Å². The van der Waals surface area contributed by atoms with Crippen LogP contribution in [0.1, 0.15) is 17.5 Å². The summed E-state index contributed by atoms with van der Waals surface area (Å²) in [6, 6.07) is 7.93. The molecule has 0 saturated heterocycles. The van der Waals surface area contributed by atoms with Crippen molar-refractivity contribution in [2.75, 3.05) is 13.2 Å². The van der Waals surface area contributed by atoms with Crippen LogP contribution in [-0.2, 0) is 6.54 Å². The highest BCUT2D eigenvalue weighted by Crippen LogP contribution is 2.12. The lowest BCUT2D eigenvalue weighted by Crippen LogP contribution is -2.22. The van der Waals surface area contributed by atoms with E-state index in [9.17, 15) is 4.79 Å². The van der Waals surface area contributed by atoms with Gasteiger partial charge in [-0.1, -0.05) is 12.1 Å². The van der Waals surface area contributed by atoms with Crippen molar-refractivity contribution in [3.8, 4) is 0 Å². The van der Waals surface area contributed by atoms with Crippen molar-refractivity contribution in [2.45, 2.75) is 19.9 Å². The average molecular weight is 246 g/mol. The Kier molecular flexibility index (Phi) is 4.12. The van der Waals surface area contributed by atoms with Crippen molar-refractivity contribution in [2.24, 2.45) is 0 Å². The molecule has 0 aliphatic carbocycles. The van der Waals surface area contributed by atoms with Gasteiger partial charge in [-0.05, 0) is 43.0 Å². The number of pyridine rings is 1. The van der Waals surface area contributed by atoms with Gasteiger partial charge in [0.25, 0.3) is 5.56 Å². The van der Waals surface area contributed by atoms with E-state index in [-0.39, 0.29) is 12.2 Å². The van der Waals surface area contributed by atoms with Gasteiger partial charge in [0.15, 0.2) is 0 Å². The highest BCUT2D eigenvalue weighted by Gasteiger charge is 2.02. The number of aliphatic hydroxyl groups excluding tert-OH is 1. The Morgan fingerprint density at radius 3 is 2.94 bits per heavy atom. The first-order chi connectivity index (χ1) is 8.70. The topological polar surface area (TPSA) is 65.1 Å². The van der Waals surface area contributed by atoms with Gasteiger partial charge in [-0.25, -0.2) is 0 Å². The molecule has 1 aromatic carbocycles. The second-order valence-corrected chi connectivity index (χ2v) is 4.47. The van der Waals surface area contributed by atoms with Gasteiger partial charge < -0.3 is 15.4 Å². The molecule has 0 aliphatic rings. The molecule has 3 N–H and O–H groups in total. The first kappa shape index (κ1) is 12.8. The minimum absolute atomic E-state index is 0.0513. The fourth-order valence-corrected chi connectivity index (χ4v) is 1.92. The summed E-state index contributed by atoms with van der Waals surface area (Å²) >= 11 is 0. The maximum Gasteiger partial charge on any atom is 0.252 e. The predicted molar refractivity (Wildman–Crippen MR) is 72.7 cm³/mol. The second kappa shape index (κ2) is 5.80. The smallest absolute Gasteiger partial charge is 0.252 e. The van der Waals surface area contributed by atoms with Crippen LogP contribution in [0.2, 0.25) is 0 Å². The summed E-state index contributed by atoms with van der Waals surface area (Å²) in [6.07, 6.45) is 0.699. The molecule has 96 valence electrons. The Bertz CT molecular complexity index is 590. The van der Waals surface area contributed by atoms with Crippen molar-refractivity contribution in [1.82, 2.24) is 10.3 Å². The number of H-pyrrole nitrogens is 1. The monoisotopic (exact) mass is 246 g/mol. The third-order valence-corrected chi connectivity index (χ3v) is 2.91. The van der Waals surface area contributed by atoms with E-state index in [4.69, 9.17) is 5.11 Å². The normalized spacial score (nSPS) is 11.0. The van der Waals surface area contributed by atoms with Crippen molar-refractivity contribution in [3.05, 3.63) is 45.7 Å². The molecular weight excluding hydrogens is 228 g/mol. The standard InChI is InChI=1S/C14H18N2O2/c1-10-3-4-11-8-12(9-15-5-2-6-17)14(18)16-13(11)7-10/h3-4,7-8,15,17H,2,5-6,9H2,1H3,(H,16,18). The van der Waals surface area contributed by atoms with Crippen molar-refractivity contribution < 1.29 is 5.11 Å². The molecule has 0 bridgehead atoms. The van der Waals surface area contributed by atoms with E-state index in [1.807, 2.05) is 31.2 Å². The first-order valence-corrected chi connectivity index (χ1v) is 6.15. The van der Waals surface area contributed by atoms with Crippen LogP contribution in [0.15, 0.2) is 29.1 Å². The number of fused-ring (bicyclic) bond motifs is 1. The van der Waals surface area contributed by atoms with Crippen LogP contribution in [-0.4, -0.2) is 23.2 Å². The SMILES string of the molecule is Cc1ccc2cc(CNCCCO)c(=O)[nH]c2c1. The summed E-state index contributed by atoms with van der Waals surface area (Å²) in [4.78, 5) is 14.8. The van der Waals surface area contributed by atoms with Crippen molar-refractivity contribution in [3.63, 3.8) is 0 Å². The van der Waals surface area contributed by atoms with Gasteiger partial charge in [0, 0.05) is 24.2 Å². The average Bonchev–Trinajstić information content (AvgIpc) is 2.35. The van der Waals surface area contributed by atoms with Crippen LogP contribution >= 0.6 is 0 Å². The molecule has 0 amide bonds. The fraction of sp³-hybridized carbons (Fsp3) is 0.357. The van der Waals surface area contributed by atoms with Gasteiger partial charge >= 0.3 is 0 Å². The number of rotatable bonds is 5. The molecule has 0 radical (unpaired) electrons. The predicted octanol–water partition coefficient (Wildman–Crippen LogP) is 1.31. The van der Waals surface area contributed by atoms with E-state index >= 15 is 0 Å². The Hall–Kier alpha value is -1.65. The van der Waals surface area contributed by atoms with Gasteiger partial charge in [-0.3, -0.25) is 4.79 Å². The van der Waals surface area contributed by atoms with Gasteiger partial charge in [0.05, 0.1) is 0 Å².